The predicted octanol–water partition coefficient (Wildman–Crippen LogP) is 5.90. The van der Waals surface area contributed by atoms with Gasteiger partial charge in [-0.15, -0.1) is 11.6 Å². The molecule has 1 N–H and O–H groups in total. The molecule has 0 aliphatic heterocycles. The van der Waals surface area contributed by atoms with Gasteiger partial charge in [-0.2, -0.15) is 0 Å². The zero-order chi connectivity index (χ0) is 14.4. The average Bonchev–Trinajstić information content (AvgIpc) is 2.37. The van der Waals surface area contributed by atoms with E-state index in [1.807, 2.05) is 0 Å². The lowest BCUT2D eigenvalue weighted by Crippen LogP contribution is -2.39. The normalized spacial score (nSPS) is 12.0. The number of nitrogens with one attached hydrogen (secondary N) is 1. The third-order valence-electron chi connectivity index (χ3n) is 3.82. The molecule has 2 heteroatoms. The first kappa shape index (κ1) is 19.2. The predicted molar refractivity (Wildman–Crippen MR) is 89.3 cm³/mol. The van der Waals surface area contributed by atoms with Gasteiger partial charge in [-0.25, -0.2) is 0 Å². The monoisotopic (exact) mass is 289 g/mol. The zero-order valence-corrected chi connectivity index (χ0v) is 14.3. The van der Waals surface area contributed by atoms with Crippen molar-refractivity contribution in [1.82, 2.24) is 5.32 Å². The maximum absolute atomic E-state index is 5.70. The van der Waals surface area contributed by atoms with Crippen LogP contribution in [-0.4, -0.2) is 18.0 Å². The number of rotatable bonds is 14. The SMILES string of the molecule is CCCCCCCCCCCC(C)(C)NCCCCl. The third kappa shape index (κ3) is 14.5. The van der Waals surface area contributed by atoms with Gasteiger partial charge in [0.2, 0.25) is 0 Å². The molecule has 0 spiro atoms. The van der Waals surface area contributed by atoms with Gasteiger partial charge in [-0.1, -0.05) is 64.7 Å². The van der Waals surface area contributed by atoms with E-state index < -0.39 is 0 Å². The molecule has 0 fully saturated rings. The van der Waals surface area contributed by atoms with E-state index in [-0.39, 0.29) is 5.54 Å². The third-order valence-corrected chi connectivity index (χ3v) is 4.09. The lowest BCUT2D eigenvalue weighted by Gasteiger charge is -2.26. The fourth-order valence-corrected chi connectivity index (χ4v) is 2.59. The van der Waals surface area contributed by atoms with E-state index in [0.29, 0.717) is 0 Å². The quantitative estimate of drug-likeness (QED) is 0.310. The van der Waals surface area contributed by atoms with Gasteiger partial charge in [0.25, 0.3) is 0 Å². The van der Waals surface area contributed by atoms with E-state index in [9.17, 15) is 0 Å². The molecule has 0 aromatic carbocycles. The second-order valence-electron chi connectivity index (χ2n) is 6.43. The molecule has 0 heterocycles. The smallest absolute Gasteiger partial charge is 0.0235 e. The Labute approximate surface area is 126 Å². The minimum absolute atomic E-state index is 0.285. The van der Waals surface area contributed by atoms with E-state index in [1.165, 1.54) is 64.2 Å². The molecule has 0 saturated carbocycles. The molecule has 0 rings (SSSR count). The molecular formula is C17H36ClN. The van der Waals surface area contributed by atoms with Crippen LogP contribution in [0.1, 0.15) is 91.4 Å². The second-order valence-corrected chi connectivity index (χ2v) is 6.81. The van der Waals surface area contributed by atoms with Crippen LogP contribution in [0.15, 0.2) is 0 Å². The topological polar surface area (TPSA) is 12.0 Å². The number of alkyl halides is 1. The van der Waals surface area contributed by atoms with Crippen LogP contribution in [-0.2, 0) is 0 Å². The molecule has 0 aliphatic rings. The second kappa shape index (κ2) is 13.2. The largest absolute Gasteiger partial charge is 0.312 e. The molecule has 0 saturated heterocycles. The van der Waals surface area contributed by atoms with Crippen LogP contribution in [0.3, 0.4) is 0 Å². The van der Waals surface area contributed by atoms with Crippen LogP contribution in [0.4, 0.5) is 0 Å². The minimum Gasteiger partial charge on any atom is -0.312 e. The van der Waals surface area contributed by atoms with Crippen molar-refractivity contribution in [2.75, 3.05) is 12.4 Å². The van der Waals surface area contributed by atoms with E-state index in [2.05, 4.69) is 26.1 Å². The van der Waals surface area contributed by atoms with Crippen molar-refractivity contribution in [2.45, 2.75) is 96.9 Å². The molecule has 116 valence electrons. The van der Waals surface area contributed by atoms with Gasteiger partial charge in [-0.3, -0.25) is 0 Å². The first-order valence-corrected chi connectivity index (χ1v) is 8.97. The standard InChI is InChI=1S/C17H36ClN/c1-4-5-6-7-8-9-10-11-12-14-17(2,3)19-16-13-15-18/h19H,4-16H2,1-3H3. The summed E-state index contributed by atoms with van der Waals surface area (Å²) in [5, 5.41) is 3.60. The maximum Gasteiger partial charge on any atom is 0.0235 e. The maximum atomic E-state index is 5.70. The van der Waals surface area contributed by atoms with Crippen LogP contribution < -0.4 is 5.32 Å². The van der Waals surface area contributed by atoms with Gasteiger partial charge < -0.3 is 5.32 Å². The van der Waals surface area contributed by atoms with Crippen molar-refractivity contribution >= 4 is 11.6 Å². The Balaban J connectivity index is 3.27. The molecule has 1 nitrogen and oxygen atoms in total. The summed E-state index contributed by atoms with van der Waals surface area (Å²) in [6.07, 6.45) is 15.1. The summed E-state index contributed by atoms with van der Waals surface area (Å²) in [5.41, 5.74) is 0.285. The van der Waals surface area contributed by atoms with Crippen LogP contribution in [0, 0.1) is 0 Å². The van der Waals surface area contributed by atoms with Gasteiger partial charge in [0.15, 0.2) is 0 Å². The van der Waals surface area contributed by atoms with E-state index >= 15 is 0 Å². The summed E-state index contributed by atoms with van der Waals surface area (Å²) in [6, 6.07) is 0. The first-order valence-electron chi connectivity index (χ1n) is 8.43. The van der Waals surface area contributed by atoms with Gasteiger partial charge in [-0.05, 0) is 33.2 Å². The molecule has 0 aromatic rings. The Morgan fingerprint density at radius 3 is 1.84 bits per heavy atom. The summed E-state index contributed by atoms with van der Waals surface area (Å²) in [7, 11) is 0. The highest BCUT2D eigenvalue weighted by atomic mass is 35.5. The van der Waals surface area contributed by atoms with Crippen molar-refractivity contribution in [3.8, 4) is 0 Å². The molecule has 0 bridgehead atoms. The van der Waals surface area contributed by atoms with Crippen LogP contribution in [0.2, 0.25) is 0 Å². The fourth-order valence-electron chi connectivity index (χ4n) is 2.46. The molecular weight excluding hydrogens is 254 g/mol. The number of unbranched alkanes of at least 4 members (excludes halogenated alkanes) is 8. The number of halogens is 1. The molecule has 0 atom stereocenters. The van der Waals surface area contributed by atoms with Gasteiger partial charge in [0, 0.05) is 11.4 Å². The van der Waals surface area contributed by atoms with Crippen molar-refractivity contribution in [3.63, 3.8) is 0 Å². The van der Waals surface area contributed by atoms with E-state index in [0.717, 1.165) is 18.8 Å². The van der Waals surface area contributed by atoms with Crippen molar-refractivity contribution in [3.05, 3.63) is 0 Å². The summed E-state index contributed by atoms with van der Waals surface area (Å²) < 4.78 is 0. The highest BCUT2D eigenvalue weighted by Gasteiger charge is 2.15. The highest BCUT2D eigenvalue weighted by molar-refractivity contribution is 6.17. The Bertz CT molecular complexity index is 180. The first-order chi connectivity index (χ1) is 9.12. The molecule has 0 amide bonds. The highest BCUT2D eigenvalue weighted by Crippen LogP contribution is 2.16. The summed E-state index contributed by atoms with van der Waals surface area (Å²) >= 11 is 5.70. The molecule has 19 heavy (non-hydrogen) atoms. The molecule has 0 aliphatic carbocycles. The Morgan fingerprint density at radius 2 is 1.32 bits per heavy atom. The van der Waals surface area contributed by atoms with Gasteiger partial charge in [0.1, 0.15) is 0 Å². The van der Waals surface area contributed by atoms with Crippen molar-refractivity contribution < 1.29 is 0 Å². The minimum atomic E-state index is 0.285. The zero-order valence-electron chi connectivity index (χ0n) is 13.6. The number of hydrogen-bond donors (Lipinski definition) is 1. The van der Waals surface area contributed by atoms with E-state index in [4.69, 9.17) is 11.6 Å². The van der Waals surface area contributed by atoms with Crippen molar-refractivity contribution in [1.29, 1.82) is 0 Å². The molecule has 0 unspecified atom stereocenters. The van der Waals surface area contributed by atoms with E-state index in [1.54, 1.807) is 0 Å². The average molecular weight is 290 g/mol. The van der Waals surface area contributed by atoms with Crippen molar-refractivity contribution in [2.24, 2.45) is 0 Å². The van der Waals surface area contributed by atoms with Gasteiger partial charge >= 0.3 is 0 Å². The lowest BCUT2D eigenvalue weighted by atomic mass is 9.96. The fraction of sp³-hybridized carbons (Fsp3) is 1.00. The van der Waals surface area contributed by atoms with Gasteiger partial charge in [0.05, 0.1) is 0 Å². The van der Waals surface area contributed by atoms with Crippen LogP contribution in [0.25, 0.3) is 0 Å². The summed E-state index contributed by atoms with van der Waals surface area (Å²) in [6.45, 7) is 7.95. The lowest BCUT2D eigenvalue weighted by molar-refractivity contribution is 0.348. The molecule has 0 aromatic heterocycles. The Kier molecular flexibility index (Phi) is 13.4. The summed E-state index contributed by atoms with van der Waals surface area (Å²) in [4.78, 5) is 0. The number of hydrogen-bond acceptors (Lipinski definition) is 1. The Hall–Kier alpha value is 0.250. The Morgan fingerprint density at radius 1 is 0.789 bits per heavy atom. The summed E-state index contributed by atoms with van der Waals surface area (Å²) in [5.74, 6) is 0.765. The molecule has 0 radical (unpaired) electrons. The van der Waals surface area contributed by atoms with Crippen LogP contribution in [0.5, 0.6) is 0 Å². The van der Waals surface area contributed by atoms with Crippen LogP contribution >= 0.6 is 11.6 Å².